The Hall–Kier alpha value is -0.800. The Balaban J connectivity index is 2.60. The summed E-state index contributed by atoms with van der Waals surface area (Å²) in [7, 11) is 0. The van der Waals surface area contributed by atoms with Gasteiger partial charge < -0.3 is 10.1 Å². The van der Waals surface area contributed by atoms with E-state index in [1.807, 2.05) is 19.1 Å². The number of benzene rings is 1. The van der Waals surface area contributed by atoms with Gasteiger partial charge in [0, 0.05) is 13.1 Å². The number of ether oxygens (including phenoxy) is 1. The van der Waals surface area contributed by atoms with E-state index in [4.69, 9.17) is 4.74 Å². The van der Waals surface area contributed by atoms with Crippen molar-refractivity contribution in [2.75, 3.05) is 13.2 Å². The number of hydrogen-bond acceptors (Lipinski definition) is 2. The summed E-state index contributed by atoms with van der Waals surface area (Å²) in [6, 6.07) is 6.12. The van der Waals surface area contributed by atoms with E-state index in [1.54, 1.807) is 0 Å². The molecule has 0 heterocycles. The van der Waals surface area contributed by atoms with Crippen LogP contribution in [0.15, 0.2) is 35.3 Å². The summed E-state index contributed by atoms with van der Waals surface area (Å²) in [6.07, 6.45) is 1.85. The molecular formula is C12H16BrNO. The van der Waals surface area contributed by atoms with Crippen LogP contribution < -0.4 is 10.1 Å². The van der Waals surface area contributed by atoms with E-state index >= 15 is 0 Å². The van der Waals surface area contributed by atoms with Gasteiger partial charge in [-0.2, -0.15) is 0 Å². The molecule has 1 N–H and O–H groups in total. The Labute approximate surface area is 99.5 Å². The Bertz CT molecular complexity index is 325. The van der Waals surface area contributed by atoms with E-state index in [-0.39, 0.29) is 0 Å². The average Bonchev–Trinajstić information content (AvgIpc) is 2.23. The molecule has 15 heavy (non-hydrogen) atoms. The normalized spacial score (nSPS) is 10.0. The molecule has 1 rings (SSSR count). The zero-order valence-electron chi connectivity index (χ0n) is 8.92. The van der Waals surface area contributed by atoms with Gasteiger partial charge in [0.2, 0.25) is 0 Å². The Morgan fingerprint density at radius 3 is 2.93 bits per heavy atom. The van der Waals surface area contributed by atoms with Gasteiger partial charge in [0.1, 0.15) is 5.75 Å². The van der Waals surface area contributed by atoms with Gasteiger partial charge in [0.15, 0.2) is 0 Å². The van der Waals surface area contributed by atoms with Crippen LogP contribution in [0.5, 0.6) is 5.75 Å². The van der Waals surface area contributed by atoms with Gasteiger partial charge >= 0.3 is 0 Å². The van der Waals surface area contributed by atoms with Crippen molar-refractivity contribution >= 4 is 15.9 Å². The first-order chi connectivity index (χ1) is 7.27. The van der Waals surface area contributed by atoms with Crippen molar-refractivity contribution in [1.82, 2.24) is 5.32 Å². The van der Waals surface area contributed by atoms with Crippen molar-refractivity contribution < 1.29 is 4.74 Å². The minimum absolute atomic E-state index is 0.687. The van der Waals surface area contributed by atoms with Gasteiger partial charge in [-0.05, 0) is 40.5 Å². The van der Waals surface area contributed by atoms with Gasteiger partial charge in [-0.1, -0.05) is 12.1 Å². The van der Waals surface area contributed by atoms with Crippen molar-refractivity contribution in [1.29, 1.82) is 0 Å². The van der Waals surface area contributed by atoms with Crippen molar-refractivity contribution in [3.63, 3.8) is 0 Å². The lowest BCUT2D eigenvalue weighted by atomic mass is 10.2. The largest absolute Gasteiger partial charge is 0.493 e. The highest BCUT2D eigenvalue weighted by Crippen LogP contribution is 2.25. The average molecular weight is 270 g/mol. The van der Waals surface area contributed by atoms with Crippen LogP contribution in [-0.2, 0) is 6.54 Å². The molecule has 0 saturated heterocycles. The lowest BCUT2D eigenvalue weighted by Crippen LogP contribution is -2.12. The maximum Gasteiger partial charge on any atom is 0.133 e. The number of rotatable bonds is 6. The van der Waals surface area contributed by atoms with E-state index in [1.165, 1.54) is 5.56 Å². The molecular weight excluding hydrogens is 254 g/mol. The maximum absolute atomic E-state index is 5.43. The molecule has 0 aliphatic rings. The van der Waals surface area contributed by atoms with Gasteiger partial charge in [-0.25, -0.2) is 0 Å². The third-order valence-corrected chi connectivity index (χ3v) is 2.53. The minimum atomic E-state index is 0.687. The van der Waals surface area contributed by atoms with Gasteiger partial charge in [-0.3, -0.25) is 0 Å². The van der Waals surface area contributed by atoms with E-state index in [2.05, 4.69) is 40.0 Å². The highest BCUT2D eigenvalue weighted by atomic mass is 79.9. The molecule has 1 aromatic carbocycles. The van der Waals surface area contributed by atoms with Crippen LogP contribution in [0.2, 0.25) is 0 Å². The number of hydrogen-bond donors (Lipinski definition) is 1. The molecule has 82 valence electrons. The van der Waals surface area contributed by atoms with Crippen LogP contribution in [0, 0.1) is 0 Å². The Kier molecular flexibility index (Phi) is 5.43. The molecule has 0 amide bonds. The molecule has 2 nitrogen and oxygen atoms in total. The zero-order chi connectivity index (χ0) is 11.1. The van der Waals surface area contributed by atoms with Gasteiger partial charge in [0.05, 0.1) is 11.1 Å². The second kappa shape index (κ2) is 6.64. The monoisotopic (exact) mass is 269 g/mol. The topological polar surface area (TPSA) is 21.3 Å². The predicted molar refractivity (Wildman–Crippen MR) is 67.2 cm³/mol. The highest BCUT2D eigenvalue weighted by molar-refractivity contribution is 9.10. The number of nitrogens with one attached hydrogen (secondary N) is 1. The predicted octanol–water partition coefficient (Wildman–Crippen LogP) is 3.12. The van der Waals surface area contributed by atoms with Crippen LogP contribution in [0.25, 0.3) is 0 Å². The summed E-state index contributed by atoms with van der Waals surface area (Å²) in [5.41, 5.74) is 1.23. The molecule has 1 aromatic rings. The molecule has 0 bridgehead atoms. The summed E-state index contributed by atoms with van der Waals surface area (Å²) < 4.78 is 6.44. The van der Waals surface area contributed by atoms with Crippen molar-refractivity contribution in [2.24, 2.45) is 0 Å². The first-order valence-electron chi connectivity index (χ1n) is 5.00. The van der Waals surface area contributed by atoms with Crippen LogP contribution in [0.4, 0.5) is 0 Å². The van der Waals surface area contributed by atoms with E-state index in [0.29, 0.717) is 6.61 Å². The molecule has 0 unspecified atom stereocenters. The second-order valence-corrected chi connectivity index (χ2v) is 3.97. The van der Waals surface area contributed by atoms with Crippen LogP contribution in [-0.4, -0.2) is 13.2 Å². The lowest BCUT2D eigenvalue weighted by Gasteiger charge is -2.08. The zero-order valence-corrected chi connectivity index (χ0v) is 10.5. The quantitative estimate of drug-likeness (QED) is 0.633. The molecule has 0 atom stereocenters. The second-order valence-electron chi connectivity index (χ2n) is 3.12. The molecule has 0 aromatic heterocycles. The van der Waals surface area contributed by atoms with Crippen molar-refractivity contribution in [2.45, 2.75) is 13.5 Å². The summed E-state index contributed by atoms with van der Waals surface area (Å²) in [5, 5.41) is 3.25. The third-order valence-electron chi connectivity index (χ3n) is 1.91. The van der Waals surface area contributed by atoms with E-state index in [0.717, 1.165) is 23.3 Å². The Morgan fingerprint density at radius 1 is 1.53 bits per heavy atom. The molecule has 0 saturated carbocycles. The molecule has 0 fully saturated rings. The molecule has 0 aliphatic carbocycles. The van der Waals surface area contributed by atoms with Crippen molar-refractivity contribution in [3.8, 4) is 5.75 Å². The summed E-state index contributed by atoms with van der Waals surface area (Å²) in [4.78, 5) is 0. The van der Waals surface area contributed by atoms with E-state index < -0.39 is 0 Å². The minimum Gasteiger partial charge on any atom is -0.493 e. The maximum atomic E-state index is 5.43. The first-order valence-corrected chi connectivity index (χ1v) is 5.80. The van der Waals surface area contributed by atoms with Gasteiger partial charge in [0.25, 0.3) is 0 Å². The fourth-order valence-corrected chi connectivity index (χ4v) is 1.79. The molecule has 0 aliphatic heterocycles. The number of halogens is 1. The van der Waals surface area contributed by atoms with E-state index in [9.17, 15) is 0 Å². The molecule has 0 spiro atoms. The smallest absolute Gasteiger partial charge is 0.133 e. The summed E-state index contributed by atoms with van der Waals surface area (Å²) in [6.45, 7) is 7.99. The van der Waals surface area contributed by atoms with Crippen LogP contribution in [0.3, 0.4) is 0 Å². The fraction of sp³-hybridized carbons (Fsp3) is 0.333. The lowest BCUT2D eigenvalue weighted by molar-refractivity contribution is 0.338. The van der Waals surface area contributed by atoms with Crippen LogP contribution >= 0.6 is 15.9 Å². The fourth-order valence-electron chi connectivity index (χ4n) is 1.25. The highest BCUT2D eigenvalue weighted by Gasteiger charge is 2.01. The first kappa shape index (κ1) is 12.3. The van der Waals surface area contributed by atoms with Crippen molar-refractivity contribution in [3.05, 3.63) is 40.9 Å². The summed E-state index contributed by atoms with van der Waals surface area (Å²) >= 11 is 3.48. The third kappa shape index (κ3) is 4.06. The van der Waals surface area contributed by atoms with Crippen LogP contribution in [0.1, 0.15) is 12.5 Å². The van der Waals surface area contributed by atoms with Gasteiger partial charge in [-0.15, -0.1) is 6.58 Å². The standard InChI is InChI=1S/C12H16BrNO/c1-3-7-14-9-10-5-6-12(15-4-2)11(13)8-10/h3,5-6,8,14H,1,4,7,9H2,2H3. The SMILES string of the molecule is C=CCNCc1ccc(OCC)c(Br)c1. The molecule has 3 heteroatoms. The molecule has 0 radical (unpaired) electrons. The Morgan fingerprint density at radius 2 is 2.33 bits per heavy atom. The summed E-state index contributed by atoms with van der Waals surface area (Å²) in [5.74, 6) is 0.893.